The van der Waals surface area contributed by atoms with Crippen LogP contribution in [-0.2, 0) is 14.3 Å². The molecule has 3 amide bonds. The van der Waals surface area contributed by atoms with Crippen molar-refractivity contribution in [2.24, 2.45) is 0 Å². The lowest BCUT2D eigenvalue weighted by atomic mass is 9.68. The van der Waals surface area contributed by atoms with E-state index in [1.54, 1.807) is 0 Å². The van der Waals surface area contributed by atoms with Gasteiger partial charge in [-0.3, -0.25) is 9.59 Å². The van der Waals surface area contributed by atoms with Crippen LogP contribution in [0.15, 0.2) is 0 Å². The lowest BCUT2D eigenvalue weighted by molar-refractivity contribution is -0.147. The van der Waals surface area contributed by atoms with Gasteiger partial charge in [0, 0.05) is 18.9 Å². The Labute approximate surface area is 143 Å². The minimum atomic E-state index is -0.253. The van der Waals surface area contributed by atoms with Gasteiger partial charge in [0.1, 0.15) is 0 Å². The van der Waals surface area contributed by atoms with E-state index >= 15 is 0 Å². The summed E-state index contributed by atoms with van der Waals surface area (Å²) in [6.07, 6.45) is 4.73. The van der Waals surface area contributed by atoms with Gasteiger partial charge in [-0.15, -0.1) is 0 Å². The highest BCUT2D eigenvalue weighted by molar-refractivity contribution is 5.80. The Morgan fingerprint density at radius 1 is 1.33 bits per heavy atom. The van der Waals surface area contributed by atoms with Crippen LogP contribution in [0.4, 0.5) is 4.79 Å². The molecule has 7 nitrogen and oxygen atoms in total. The van der Waals surface area contributed by atoms with Crippen LogP contribution in [-0.4, -0.2) is 41.6 Å². The van der Waals surface area contributed by atoms with E-state index in [9.17, 15) is 14.4 Å². The molecule has 7 heteroatoms. The second-order valence-corrected chi connectivity index (χ2v) is 7.25. The van der Waals surface area contributed by atoms with Gasteiger partial charge in [-0.25, -0.2) is 4.79 Å². The fourth-order valence-corrected chi connectivity index (χ4v) is 3.37. The van der Waals surface area contributed by atoms with Crippen LogP contribution < -0.4 is 16.0 Å². The van der Waals surface area contributed by atoms with E-state index in [1.807, 2.05) is 20.8 Å². The molecule has 1 aliphatic heterocycles. The highest BCUT2D eigenvalue weighted by Gasteiger charge is 2.48. The van der Waals surface area contributed by atoms with Crippen molar-refractivity contribution < 1.29 is 19.1 Å². The van der Waals surface area contributed by atoms with Gasteiger partial charge in [-0.05, 0) is 52.9 Å². The summed E-state index contributed by atoms with van der Waals surface area (Å²) in [5.41, 5.74) is -0.253. The third-order valence-electron chi connectivity index (χ3n) is 4.79. The maximum absolute atomic E-state index is 12.2. The van der Waals surface area contributed by atoms with Gasteiger partial charge >= 0.3 is 12.0 Å². The molecule has 136 valence electrons. The molecular formula is C17H29N3O4. The van der Waals surface area contributed by atoms with Crippen LogP contribution in [0.3, 0.4) is 0 Å². The molecule has 24 heavy (non-hydrogen) atoms. The standard InChI is InChI=1S/C17H29N3O4/c1-11(2)24-15(22)8-5-12(3)18-16(23)19-13-6-7-14(21)20-17(13)9-4-10-17/h11-13H,4-10H2,1-3H3,(H,20,21)(H2,18,19,23). The molecule has 0 radical (unpaired) electrons. The number of hydrogen-bond acceptors (Lipinski definition) is 4. The number of carbonyl (C=O) groups excluding carboxylic acids is 3. The third kappa shape index (κ3) is 4.85. The molecule has 1 heterocycles. The molecule has 0 aromatic heterocycles. The van der Waals surface area contributed by atoms with Crippen molar-refractivity contribution in [1.82, 2.24) is 16.0 Å². The molecule has 1 saturated carbocycles. The Bertz CT molecular complexity index is 488. The average molecular weight is 339 g/mol. The highest BCUT2D eigenvalue weighted by atomic mass is 16.5. The molecular weight excluding hydrogens is 310 g/mol. The molecule has 2 rings (SSSR count). The molecule has 1 aliphatic carbocycles. The number of carbonyl (C=O) groups is 3. The molecule has 3 N–H and O–H groups in total. The van der Waals surface area contributed by atoms with Gasteiger partial charge in [-0.1, -0.05) is 0 Å². The van der Waals surface area contributed by atoms with Crippen molar-refractivity contribution >= 4 is 17.9 Å². The van der Waals surface area contributed by atoms with Crippen LogP contribution >= 0.6 is 0 Å². The van der Waals surface area contributed by atoms with Gasteiger partial charge in [0.2, 0.25) is 5.91 Å². The number of piperidine rings is 1. The largest absolute Gasteiger partial charge is 0.463 e. The van der Waals surface area contributed by atoms with Crippen molar-refractivity contribution in [3.8, 4) is 0 Å². The maximum Gasteiger partial charge on any atom is 0.315 e. The SMILES string of the molecule is CC(CCC(=O)OC(C)C)NC(=O)NC1CCC(=O)NC12CCC2. The zero-order chi connectivity index (χ0) is 17.7. The molecule has 1 saturated heterocycles. The number of hydrogen-bond donors (Lipinski definition) is 3. The minimum absolute atomic E-state index is 0.0259. The van der Waals surface area contributed by atoms with Crippen LogP contribution in [0.25, 0.3) is 0 Å². The molecule has 2 fully saturated rings. The van der Waals surface area contributed by atoms with Crippen LogP contribution in [0.2, 0.25) is 0 Å². The van der Waals surface area contributed by atoms with Gasteiger partial charge in [-0.2, -0.15) is 0 Å². The Hall–Kier alpha value is -1.79. The van der Waals surface area contributed by atoms with E-state index in [1.165, 1.54) is 0 Å². The van der Waals surface area contributed by atoms with E-state index < -0.39 is 0 Å². The second kappa shape index (κ2) is 7.85. The Balaban J connectivity index is 1.74. The zero-order valence-electron chi connectivity index (χ0n) is 14.8. The zero-order valence-corrected chi connectivity index (χ0v) is 14.8. The number of amides is 3. The number of nitrogens with one attached hydrogen (secondary N) is 3. The summed E-state index contributed by atoms with van der Waals surface area (Å²) in [6, 6.07) is -0.394. The quantitative estimate of drug-likeness (QED) is 0.641. The predicted octanol–water partition coefficient (Wildman–Crippen LogP) is 1.61. The minimum Gasteiger partial charge on any atom is -0.463 e. The Morgan fingerprint density at radius 2 is 2.04 bits per heavy atom. The second-order valence-electron chi connectivity index (χ2n) is 7.25. The van der Waals surface area contributed by atoms with Crippen molar-refractivity contribution in [2.75, 3.05) is 0 Å². The number of esters is 1. The van der Waals surface area contributed by atoms with E-state index in [-0.39, 0.29) is 48.1 Å². The monoisotopic (exact) mass is 339 g/mol. The van der Waals surface area contributed by atoms with Crippen molar-refractivity contribution in [3.63, 3.8) is 0 Å². The van der Waals surface area contributed by atoms with E-state index in [0.717, 1.165) is 19.3 Å². The number of urea groups is 1. The fourth-order valence-electron chi connectivity index (χ4n) is 3.37. The van der Waals surface area contributed by atoms with Gasteiger partial charge < -0.3 is 20.7 Å². The van der Waals surface area contributed by atoms with Crippen LogP contribution in [0, 0.1) is 0 Å². The lowest BCUT2D eigenvalue weighted by Crippen LogP contribution is -2.69. The molecule has 2 atom stereocenters. The number of ether oxygens (including phenoxy) is 1. The lowest BCUT2D eigenvalue weighted by Gasteiger charge is -2.50. The normalized spacial score (nSPS) is 23.2. The first kappa shape index (κ1) is 18.5. The first-order valence-corrected chi connectivity index (χ1v) is 8.88. The summed E-state index contributed by atoms with van der Waals surface area (Å²) in [4.78, 5) is 35.4. The van der Waals surface area contributed by atoms with Crippen molar-refractivity contribution in [3.05, 3.63) is 0 Å². The van der Waals surface area contributed by atoms with E-state index in [4.69, 9.17) is 4.74 Å². The summed E-state index contributed by atoms with van der Waals surface area (Å²) in [6.45, 7) is 5.49. The first-order valence-electron chi connectivity index (χ1n) is 8.88. The summed E-state index contributed by atoms with van der Waals surface area (Å²) in [5.74, 6) is -0.173. The molecule has 0 aromatic carbocycles. The first-order chi connectivity index (χ1) is 11.3. The van der Waals surface area contributed by atoms with Gasteiger partial charge in [0.05, 0.1) is 17.7 Å². The molecule has 0 bridgehead atoms. The smallest absolute Gasteiger partial charge is 0.315 e. The van der Waals surface area contributed by atoms with Crippen molar-refractivity contribution in [2.45, 2.75) is 89.4 Å². The van der Waals surface area contributed by atoms with Gasteiger partial charge in [0.25, 0.3) is 0 Å². The van der Waals surface area contributed by atoms with Crippen molar-refractivity contribution in [1.29, 1.82) is 0 Å². The van der Waals surface area contributed by atoms with Gasteiger partial charge in [0.15, 0.2) is 0 Å². The molecule has 1 spiro atoms. The highest BCUT2D eigenvalue weighted by Crippen LogP contribution is 2.38. The third-order valence-corrected chi connectivity index (χ3v) is 4.79. The summed E-state index contributed by atoms with van der Waals surface area (Å²) in [7, 11) is 0. The van der Waals surface area contributed by atoms with E-state index in [2.05, 4.69) is 16.0 Å². The number of rotatable bonds is 6. The molecule has 2 aliphatic rings. The maximum atomic E-state index is 12.2. The molecule has 0 aromatic rings. The Morgan fingerprint density at radius 3 is 2.62 bits per heavy atom. The predicted molar refractivity (Wildman–Crippen MR) is 89.3 cm³/mol. The fraction of sp³-hybridized carbons (Fsp3) is 0.824. The van der Waals surface area contributed by atoms with Crippen LogP contribution in [0.1, 0.15) is 65.7 Å². The average Bonchev–Trinajstić information content (AvgIpc) is 2.44. The Kier molecular flexibility index (Phi) is 6.07. The summed E-state index contributed by atoms with van der Waals surface area (Å²) < 4.78 is 5.08. The summed E-state index contributed by atoms with van der Waals surface area (Å²) in [5, 5.41) is 8.92. The van der Waals surface area contributed by atoms with E-state index in [0.29, 0.717) is 19.3 Å². The topological polar surface area (TPSA) is 96.5 Å². The van der Waals surface area contributed by atoms with Crippen LogP contribution in [0.5, 0.6) is 0 Å². The summed E-state index contributed by atoms with van der Waals surface area (Å²) >= 11 is 0. The molecule has 2 unspecified atom stereocenters.